The van der Waals surface area contributed by atoms with Crippen LogP contribution in [0.2, 0.25) is 0 Å². The highest BCUT2D eigenvalue weighted by Gasteiger charge is 2.03. The number of hydrogen-bond acceptors (Lipinski definition) is 5. The van der Waals surface area contributed by atoms with Crippen LogP contribution in [0.1, 0.15) is 11.1 Å². The molecule has 0 heterocycles. The Labute approximate surface area is 153 Å². The van der Waals surface area contributed by atoms with Gasteiger partial charge in [-0.15, -0.1) is 5.11 Å². The van der Waals surface area contributed by atoms with E-state index in [1.807, 2.05) is 42.5 Å². The Balaban J connectivity index is 1.71. The maximum atomic E-state index is 9.15. The monoisotopic (exact) mass is 341 g/mol. The average molecular weight is 341 g/mol. The van der Waals surface area contributed by atoms with Crippen molar-refractivity contribution >= 4 is 22.7 Å². The summed E-state index contributed by atoms with van der Waals surface area (Å²) < 4.78 is 0. The summed E-state index contributed by atoms with van der Waals surface area (Å²) in [4.78, 5) is 2.17. The van der Waals surface area contributed by atoms with Gasteiger partial charge in [-0.05, 0) is 48.0 Å². The third kappa shape index (κ3) is 4.25. The van der Waals surface area contributed by atoms with Crippen molar-refractivity contribution in [3.63, 3.8) is 0 Å². The number of anilines is 2. The zero-order valence-electron chi connectivity index (χ0n) is 14.5. The van der Waals surface area contributed by atoms with E-state index < -0.39 is 0 Å². The fourth-order valence-electron chi connectivity index (χ4n) is 2.56. The molecular formula is C21H19N5. The fourth-order valence-corrected chi connectivity index (χ4v) is 2.56. The van der Waals surface area contributed by atoms with Gasteiger partial charge in [0.1, 0.15) is 11.8 Å². The summed E-state index contributed by atoms with van der Waals surface area (Å²) in [6, 6.07) is 25.2. The largest absolute Gasteiger partial charge is 0.399 e. The summed E-state index contributed by atoms with van der Waals surface area (Å²) in [7, 11) is 2.05. The highest BCUT2D eigenvalue weighted by atomic mass is 15.1. The molecule has 0 aliphatic rings. The molecule has 5 nitrogen and oxygen atoms in total. The molecule has 26 heavy (non-hydrogen) atoms. The predicted molar refractivity (Wildman–Crippen MR) is 105 cm³/mol. The number of nitrogen functional groups attached to an aromatic ring is 1. The molecule has 0 saturated carbocycles. The number of hydrogen-bond donors (Lipinski definition) is 1. The van der Waals surface area contributed by atoms with Crippen LogP contribution in [0, 0.1) is 11.3 Å². The first kappa shape index (κ1) is 17.2. The predicted octanol–water partition coefficient (Wildman–Crippen LogP) is 5.19. The molecule has 0 aromatic heterocycles. The maximum absolute atomic E-state index is 9.15. The van der Waals surface area contributed by atoms with E-state index in [0.717, 1.165) is 17.9 Å². The second-order valence-electron chi connectivity index (χ2n) is 5.95. The lowest BCUT2D eigenvalue weighted by molar-refractivity contribution is 0.923. The summed E-state index contributed by atoms with van der Waals surface area (Å²) in [5.41, 5.74) is 10.2. The van der Waals surface area contributed by atoms with Crippen molar-refractivity contribution < 1.29 is 0 Å². The van der Waals surface area contributed by atoms with E-state index in [1.54, 1.807) is 18.2 Å². The van der Waals surface area contributed by atoms with Crippen molar-refractivity contribution in [2.45, 2.75) is 6.54 Å². The fraction of sp³-hybridized carbons (Fsp3) is 0.0952. The van der Waals surface area contributed by atoms with Crippen LogP contribution in [0.4, 0.5) is 22.7 Å². The Hall–Kier alpha value is -3.65. The SMILES string of the molecule is CN(Cc1ccccc1)c1ccc(N=Nc2ccc(N)cc2C#N)cc1. The smallest absolute Gasteiger partial charge is 0.104 e. The summed E-state index contributed by atoms with van der Waals surface area (Å²) in [6.07, 6.45) is 0. The van der Waals surface area contributed by atoms with E-state index >= 15 is 0 Å². The molecule has 5 heteroatoms. The third-order valence-electron chi connectivity index (χ3n) is 3.97. The van der Waals surface area contributed by atoms with Crippen molar-refractivity contribution in [3.8, 4) is 6.07 Å². The highest BCUT2D eigenvalue weighted by Crippen LogP contribution is 2.25. The van der Waals surface area contributed by atoms with Crippen molar-refractivity contribution in [1.82, 2.24) is 0 Å². The van der Waals surface area contributed by atoms with E-state index in [4.69, 9.17) is 11.0 Å². The van der Waals surface area contributed by atoms with Gasteiger partial charge in [0.05, 0.1) is 11.3 Å². The average Bonchev–Trinajstić information content (AvgIpc) is 2.68. The van der Waals surface area contributed by atoms with Gasteiger partial charge in [-0.1, -0.05) is 30.3 Å². The highest BCUT2D eigenvalue weighted by molar-refractivity contribution is 5.60. The second-order valence-corrected chi connectivity index (χ2v) is 5.95. The molecule has 0 aliphatic heterocycles. The molecule has 128 valence electrons. The van der Waals surface area contributed by atoms with Gasteiger partial charge in [0.25, 0.3) is 0 Å². The molecule has 2 N–H and O–H groups in total. The first-order chi connectivity index (χ1) is 12.7. The minimum atomic E-state index is 0.410. The van der Waals surface area contributed by atoms with Gasteiger partial charge in [0.15, 0.2) is 0 Å². The van der Waals surface area contributed by atoms with Crippen molar-refractivity contribution in [3.05, 3.63) is 83.9 Å². The molecular weight excluding hydrogens is 322 g/mol. The lowest BCUT2D eigenvalue weighted by atomic mass is 10.2. The van der Waals surface area contributed by atoms with Crippen LogP contribution >= 0.6 is 0 Å². The van der Waals surface area contributed by atoms with Crippen LogP contribution in [0.15, 0.2) is 83.0 Å². The van der Waals surface area contributed by atoms with E-state index in [1.165, 1.54) is 5.56 Å². The first-order valence-electron chi connectivity index (χ1n) is 8.22. The van der Waals surface area contributed by atoms with E-state index in [0.29, 0.717) is 16.9 Å². The Morgan fingerprint density at radius 1 is 0.962 bits per heavy atom. The number of rotatable bonds is 5. The lowest BCUT2D eigenvalue weighted by Gasteiger charge is -2.19. The molecule has 3 aromatic carbocycles. The van der Waals surface area contributed by atoms with Gasteiger partial charge in [-0.3, -0.25) is 0 Å². The normalized spacial score (nSPS) is 10.6. The van der Waals surface area contributed by atoms with Crippen LogP contribution in [-0.2, 0) is 6.54 Å². The summed E-state index contributed by atoms with van der Waals surface area (Å²) in [6.45, 7) is 0.832. The van der Waals surface area contributed by atoms with Gasteiger partial charge in [0.2, 0.25) is 0 Å². The van der Waals surface area contributed by atoms with Gasteiger partial charge < -0.3 is 10.6 Å². The molecule has 3 aromatic rings. The van der Waals surface area contributed by atoms with E-state index in [-0.39, 0.29) is 0 Å². The number of nitriles is 1. The maximum Gasteiger partial charge on any atom is 0.104 e. The number of nitrogens with zero attached hydrogens (tertiary/aromatic N) is 4. The molecule has 0 bridgehead atoms. The number of nitrogens with two attached hydrogens (primary N) is 1. The minimum absolute atomic E-state index is 0.410. The molecule has 0 amide bonds. The molecule has 0 unspecified atom stereocenters. The minimum Gasteiger partial charge on any atom is -0.399 e. The lowest BCUT2D eigenvalue weighted by Crippen LogP contribution is -2.15. The van der Waals surface area contributed by atoms with Crippen LogP contribution in [0.3, 0.4) is 0 Å². The standard InChI is InChI=1S/C21H19N5/c1-26(15-16-5-3-2-4-6-16)20-10-8-19(9-11-20)24-25-21-12-7-18(23)13-17(21)14-22/h2-13H,15,23H2,1H3. The van der Waals surface area contributed by atoms with E-state index in [2.05, 4.69) is 40.4 Å². The quantitative estimate of drug-likeness (QED) is 0.512. The van der Waals surface area contributed by atoms with Gasteiger partial charge in [-0.25, -0.2) is 0 Å². The zero-order valence-corrected chi connectivity index (χ0v) is 14.5. The first-order valence-corrected chi connectivity index (χ1v) is 8.22. The number of benzene rings is 3. The summed E-state index contributed by atoms with van der Waals surface area (Å²) in [5.74, 6) is 0. The van der Waals surface area contributed by atoms with Gasteiger partial charge in [0, 0.05) is 25.0 Å². The molecule has 0 radical (unpaired) electrons. The molecule has 0 aliphatic carbocycles. The van der Waals surface area contributed by atoms with Crippen molar-refractivity contribution in [2.75, 3.05) is 17.7 Å². The topological polar surface area (TPSA) is 77.8 Å². The molecule has 0 fully saturated rings. The van der Waals surface area contributed by atoms with Crippen LogP contribution < -0.4 is 10.6 Å². The van der Waals surface area contributed by atoms with Crippen LogP contribution in [-0.4, -0.2) is 7.05 Å². The van der Waals surface area contributed by atoms with Crippen LogP contribution in [0.25, 0.3) is 0 Å². The molecule has 0 atom stereocenters. The van der Waals surface area contributed by atoms with Gasteiger partial charge >= 0.3 is 0 Å². The summed E-state index contributed by atoms with van der Waals surface area (Å²) in [5, 5.41) is 17.5. The second kappa shape index (κ2) is 7.95. The van der Waals surface area contributed by atoms with Crippen molar-refractivity contribution in [1.29, 1.82) is 5.26 Å². The Kier molecular flexibility index (Phi) is 5.25. The zero-order chi connectivity index (χ0) is 18.4. The van der Waals surface area contributed by atoms with Crippen molar-refractivity contribution in [2.24, 2.45) is 10.2 Å². The molecule has 0 saturated heterocycles. The summed E-state index contributed by atoms with van der Waals surface area (Å²) >= 11 is 0. The van der Waals surface area contributed by atoms with E-state index in [9.17, 15) is 0 Å². The Morgan fingerprint density at radius 2 is 1.69 bits per heavy atom. The molecule has 3 rings (SSSR count). The molecule has 0 spiro atoms. The third-order valence-corrected chi connectivity index (χ3v) is 3.97. The number of azo groups is 1. The Bertz CT molecular complexity index is 940. The van der Waals surface area contributed by atoms with Crippen LogP contribution in [0.5, 0.6) is 0 Å². The van der Waals surface area contributed by atoms with Gasteiger partial charge in [-0.2, -0.15) is 10.4 Å². The Morgan fingerprint density at radius 3 is 2.38 bits per heavy atom.